The van der Waals surface area contributed by atoms with Gasteiger partial charge in [-0.05, 0) is 0 Å². The van der Waals surface area contributed by atoms with Crippen molar-refractivity contribution in [3.8, 4) is 0 Å². The van der Waals surface area contributed by atoms with Gasteiger partial charge in [-0.2, -0.15) is 0 Å². The molecule has 0 atom stereocenters. The zero-order chi connectivity index (χ0) is 16.9. The van der Waals surface area contributed by atoms with E-state index in [1.54, 1.807) is 32.0 Å². The van der Waals surface area contributed by atoms with Crippen LogP contribution >= 0.6 is 20.2 Å². The van der Waals surface area contributed by atoms with Gasteiger partial charge in [0.25, 0.3) is 0 Å². The molecule has 0 N–H and O–H groups in total. The molecule has 0 saturated heterocycles. The Morgan fingerprint density at radius 3 is 2.09 bits per heavy atom. The number of rotatable bonds is 3. The van der Waals surface area contributed by atoms with E-state index in [0.717, 1.165) is 12.1 Å². The van der Waals surface area contributed by atoms with Crippen LogP contribution in [0.4, 0.5) is 17.6 Å². The van der Waals surface area contributed by atoms with E-state index >= 15 is 0 Å². The van der Waals surface area contributed by atoms with E-state index in [4.69, 9.17) is 3.07 Å². The van der Waals surface area contributed by atoms with Crippen molar-refractivity contribution in [1.29, 1.82) is 0 Å². The first-order valence-corrected chi connectivity index (χ1v) is 10.0. The molecule has 6 heteroatoms. The number of alkyl halides is 5. The third-order valence-corrected chi connectivity index (χ3v) is 9.13. The molecular weight excluding hydrogens is 423 g/mol. The van der Waals surface area contributed by atoms with Gasteiger partial charge in [-0.15, -0.1) is 0 Å². The van der Waals surface area contributed by atoms with Crippen LogP contribution < -0.4 is 0 Å². The van der Waals surface area contributed by atoms with Crippen molar-refractivity contribution in [3.63, 3.8) is 0 Å². The molecule has 0 bridgehead atoms. The maximum atomic E-state index is 14.8. The molecule has 1 heterocycles. The number of halogens is 5. The molecule has 0 aliphatic carbocycles. The van der Waals surface area contributed by atoms with Gasteiger partial charge in [0.05, 0.1) is 0 Å². The van der Waals surface area contributed by atoms with Crippen LogP contribution in [0.3, 0.4) is 0 Å². The summed E-state index contributed by atoms with van der Waals surface area (Å²) in [7, 11) is 0. The normalized spacial score (nSPS) is 18.8. The molecule has 1 nitrogen and oxygen atoms in total. The summed E-state index contributed by atoms with van der Waals surface area (Å²) in [5.74, 6) is -4.27. The minimum absolute atomic E-state index is 0.266. The summed E-state index contributed by atoms with van der Waals surface area (Å²) in [4.78, 5) is 0. The van der Waals surface area contributed by atoms with Crippen LogP contribution in [-0.2, 0) is 14.6 Å². The first-order valence-electron chi connectivity index (χ1n) is 6.98. The fraction of sp³-hybridized carbons (Fsp3) is 0.294. The quantitative estimate of drug-likeness (QED) is 0.328. The Balaban J connectivity index is 2.08. The van der Waals surface area contributed by atoms with Crippen molar-refractivity contribution < 1.29 is 20.6 Å². The Kier molecular flexibility index (Phi) is 3.95. The summed E-state index contributed by atoms with van der Waals surface area (Å²) >= 11 is -3.91. The van der Waals surface area contributed by atoms with Crippen LogP contribution in [0.25, 0.3) is 0 Å². The molecule has 0 unspecified atom stereocenters. The third kappa shape index (κ3) is 2.55. The molecule has 1 aliphatic rings. The van der Waals surface area contributed by atoms with Gasteiger partial charge < -0.3 is 0 Å². The molecule has 2 aromatic rings. The second-order valence-corrected chi connectivity index (χ2v) is 10.1. The molecule has 0 saturated carbocycles. The minimum atomic E-state index is -4.27. The van der Waals surface area contributed by atoms with Crippen LogP contribution in [0.15, 0.2) is 54.6 Å². The van der Waals surface area contributed by atoms with Gasteiger partial charge >= 0.3 is 139 Å². The van der Waals surface area contributed by atoms with E-state index in [-0.39, 0.29) is 3.57 Å². The van der Waals surface area contributed by atoms with E-state index < -0.39 is 41.3 Å². The molecule has 3 rings (SSSR count). The van der Waals surface area contributed by atoms with E-state index in [0.29, 0.717) is 5.56 Å². The number of hydrogen-bond acceptors (Lipinski definition) is 1. The monoisotopic (exact) mass is 438 g/mol. The van der Waals surface area contributed by atoms with Crippen LogP contribution in [0.2, 0.25) is 0 Å². The van der Waals surface area contributed by atoms with Gasteiger partial charge in [0.1, 0.15) is 0 Å². The van der Waals surface area contributed by atoms with Crippen molar-refractivity contribution in [3.05, 3.63) is 69.3 Å². The summed E-state index contributed by atoms with van der Waals surface area (Å²) in [5.41, 5.74) is -1.08. The SMILES string of the molecule is CC1(C)OI(C(F)(F)C(F)(F)c2ccccc2)c2ccccc21. The average molecular weight is 438 g/mol. The van der Waals surface area contributed by atoms with Gasteiger partial charge in [0, 0.05) is 0 Å². The van der Waals surface area contributed by atoms with Gasteiger partial charge in [-0.25, -0.2) is 0 Å². The van der Waals surface area contributed by atoms with Crippen LogP contribution in [0, 0.1) is 3.57 Å². The third-order valence-electron chi connectivity index (χ3n) is 3.69. The van der Waals surface area contributed by atoms with Crippen molar-refractivity contribution in [1.82, 2.24) is 0 Å². The molecule has 0 radical (unpaired) electrons. The fourth-order valence-electron chi connectivity index (χ4n) is 2.47. The van der Waals surface area contributed by atoms with Crippen LogP contribution in [0.1, 0.15) is 25.0 Å². The Morgan fingerprint density at radius 1 is 0.870 bits per heavy atom. The van der Waals surface area contributed by atoms with Crippen LogP contribution in [0.5, 0.6) is 0 Å². The Morgan fingerprint density at radius 2 is 1.43 bits per heavy atom. The van der Waals surface area contributed by atoms with Crippen molar-refractivity contribution >= 4 is 20.2 Å². The Labute approximate surface area is 139 Å². The molecule has 1 aliphatic heterocycles. The number of benzene rings is 2. The van der Waals surface area contributed by atoms with Crippen LogP contribution in [-0.4, -0.2) is 3.93 Å². The molecule has 2 aromatic carbocycles. The average Bonchev–Trinajstić information content (AvgIpc) is 2.81. The van der Waals surface area contributed by atoms with E-state index in [1.165, 1.54) is 24.3 Å². The summed E-state index contributed by atoms with van der Waals surface area (Å²) in [5, 5.41) is 0. The number of hydrogen-bond donors (Lipinski definition) is 0. The van der Waals surface area contributed by atoms with Gasteiger partial charge in [0.2, 0.25) is 0 Å². The first kappa shape index (κ1) is 16.7. The van der Waals surface area contributed by atoms with Gasteiger partial charge in [0.15, 0.2) is 0 Å². The second kappa shape index (κ2) is 5.44. The molecule has 0 aromatic heterocycles. The van der Waals surface area contributed by atoms with Crippen molar-refractivity contribution in [2.24, 2.45) is 0 Å². The molecule has 0 spiro atoms. The fourth-order valence-corrected chi connectivity index (χ4v) is 7.87. The molecule has 23 heavy (non-hydrogen) atoms. The van der Waals surface area contributed by atoms with Crippen molar-refractivity contribution in [2.45, 2.75) is 29.3 Å². The van der Waals surface area contributed by atoms with Crippen molar-refractivity contribution in [2.75, 3.05) is 0 Å². The zero-order valence-corrected chi connectivity index (χ0v) is 14.7. The predicted molar refractivity (Wildman–Crippen MR) is 88.6 cm³/mol. The first-order chi connectivity index (χ1) is 10.7. The standard InChI is InChI=1S/C17H15F4IO/c1-15(2)13-10-6-7-11-14(13)22(23-15)17(20,21)16(18,19)12-8-4-3-5-9-12/h3-11H,1-2H3. The topological polar surface area (TPSA) is 9.23 Å². The summed E-state index contributed by atoms with van der Waals surface area (Å²) in [6.45, 7) is 3.28. The maximum absolute atomic E-state index is 14.8. The second-order valence-electron chi connectivity index (χ2n) is 5.75. The van der Waals surface area contributed by atoms with E-state index in [1.807, 2.05) is 0 Å². The summed E-state index contributed by atoms with van der Waals surface area (Å²) in [6, 6.07) is 12.7. The Hall–Kier alpha value is -1.15. The molecular formula is C17H15F4IO. The van der Waals surface area contributed by atoms with E-state index in [9.17, 15) is 17.6 Å². The number of fused-ring (bicyclic) bond motifs is 1. The van der Waals surface area contributed by atoms with Gasteiger partial charge in [-0.3, -0.25) is 0 Å². The van der Waals surface area contributed by atoms with E-state index in [2.05, 4.69) is 0 Å². The zero-order valence-electron chi connectivity index (χ0n) is 12.5. The summed E-state index contributed by atoms with van der Waals surface area (Å²) in [6.07, 6.45) is 0. The molecule has 124 valence electrons. The predicted octanol–water partition coefficient (Wildman–Crippen LogP) is 5.93. The van der Waals surface area contributed by atoms with Gasteiger partial charge in [-0.1, -0.05) is 0 Å². The molecule has 0 fully saturated rings. The summed E-state index contributed by atoms with van der Waals surface area (Å²) < 4.78 is 60.3. The Bertz CT molecular complexity index is 716. The molecule has 0 amide bonds.